The number of furan rings is 1. The van der Waals surface area contributed by atoms with Crippen LogP contribution in [0.2, 0.25) is 0 Å². The van der Waals surface area contributed by atoms with Crippen LogP contribution in [-0.4, -0.2) is 37.0 Å². The zero-order valence-corrected chi connectivity index (χ0v) is 17.2. The molecule has 0 spiro atoms. The normalized spacial score (nSPS) is 16.1. The summed E-state index contributed by atoms with van der Waals surface area (Å²) >= 11 is 0. The lowest BCUT2D eigenvalue weighted by Crippen LogP contribution is -2.41. The highest BCUT2D eigenvalue weighted by atomic mass is 16.5. The molecule has 5 heteroatoms. The summed E-state index contributed by atoms with van der Waals surface area (Å²) in [6, 6.07) is 10.1. The zero-order valence-electron chi connectivity index (χ0n) is 17.2. The smallest absolute Gasteiger partial charge is 0.258 e. The summed E-state index contributed by atoms with van der Waals surface area (Å²) in [6.45, 7) is 8.92. The van der Waals surface area contributed by atoms with Crippen molar-refractivity contribution in [2.45, 2.75) is 52.0 Å². The lowest BCUT2D eigenvalue weighted by Gasteiger charge is -2.33. The van der Waals surface area contributed by atoms with Crippen LogP contribution in [0.3, 0.4) is 0 Å². The van der Waals surface area contributed by atoms with E-state index in [0.717, 1.165) is 35.7 Å². The minimum atomic E-state index is -0.107. The Morgan fingerprint density at radius 3 is 2.68 bits per heavy atom. The number of ether oxygens (including phenoxy) is 1. The van der Waals surface area contributed by atoms with E-state index in [1.54, 1.807) is 6.26 Å². The molecule has 0 radical (unpaired) electrons. The first-order valence-corrected chi connectivity index (χ1v) is 10.3. The fourth-order valence-electron chi connectivity index (χ4n) is 3.77. The number of rotatable bonds is 8. The van der Waals surface area contributed by atoms with Gasteiger partial charge in [-0.25, -0.2) is 0 Å². The molecular weight excluding hydrogens is 352 g/mol. The predicted octanol–water partition coefficient (Wildman–Crippen LogP) is 4.43. The predicted molar refractivity (Wildman–Crippen MR) is 111 cm³/mol. The van der Waals surface area contributed by atoms with Crippen LogP contribution in [0.5, 0.6) is 5.75 Å². The Hall–Kier alpha value is -2.27. The molecule has 1 amide bonds. The second kappa shape index (κ2) is 9.78. The van der Waals surface area contributed by atoms with Gasteiger partial charge in [0.1, 0.15) is 11.5 Å². The van der Waals surface area contributed by atoms with Crippen molar-refractivity contribution in [2.24, 2.45) is 0 Å². The van der Waals surface area contributed by atoms with Crippen LogP contribution in [0.4, 0.5) is 0 Å². The summed E-state index contributed by atoms with van der Waals surface area (Å²) in [5, 5.41) is 3.04. The number of piperidine rings is 1. The highest BCUT2D eigenvalue weighted by Crippen LogP contribution is 2.27. The molecule has 5 nitrogen and oxygen atoms in total. The number of carbonyl (C=O) groups is 1. The highest BCUT2D eigenvalue weighted by molar-refractivity contribution is 5.77. The fourth-order valence-corrected chi connectivity index (χ4v) is 3.77. The van der Waals surface area contributed by atoms with Crippen molar-refractivity contribution in [3.8, 4) is 5.75 Å². The molecule has 1 N–H and O–H groups in total. The minimum Gasteiger partial charge on any atom is -0.483 e. The highest BCUT2D eigenvalue weighted by Gasteiger charge is 2.25. The van der Waals surface area contributed by atoms with Crippen LogP contribution in [0.15, 0.2) is 41.0 Å². The SMILES string of the molecule is Cc1ccc(C(C)C)c(OCC(=O)NC[C@@H](c2ccco2)N2CCCCC2)c1. The van der Waals surface area contributed by atoms with E-state index in [1.807, 2.05) is 25.1 Å². The van der Waals surface area contributed by atoms with Gasteiger partial charge < -0.3 is 14.5 Å². The molecule has 0 bridgehead atoms. The number of nitrogens with one attached hydrogen (secondary N) is 1. The summed E-state index contributed by atoms with van der Waals surface area (Å²) in [7, 11) is 0. The second-order valence-electron chi connectivity index (χ2n) is 7.92. The maximum atomic E-state index is 12.5. The van der Waals surface area contributed by atoms with Gasteiger partial charge in [-0.2, -0.15) is 0 Å². The summed E-state index contributed by atoms with van der Waals surface area (Å²) < 4.78 is 11.5. The Morgan fingerprint density at radius 1 is 1.21 bits per heavy atom. The Balaban J connectivity index is 1.57. The summed E-state index contributed by atoms with van der Waals surface area (Å²) in [4.78, 5) is 14.9. The first-order chi connectivity index (χ1) is 13.5. The summed E-state index contributed by atoms with van der Waals surface area (Å²) in [5.41, 5.74) is 2.25. The first kappa shape index (κ1) is 20.5. The minimum absolute atomic E-state index is 0.0219. The van der Waals surface area contributed by atoms with Crippen LogP contribution >= 0.6 is 0 Å². The third-order valence-corrected chi connectivity index (χ3v) is 5.35. The number of likely N-dealkylation sites (tertiary alicyclic amines) is 1. The maximum absolute atomic E-state index is 12.5. The largest absolute Gasteiger partial charge is 0.483 e. The molecule has 1 aromatic carbocycles. The van der Waals surface area contributed by atoms with Crippen LogP contribution in [0.25, 0.3) is 0 Å². The van der Waals surface area contributed by atoms with Crippen LogP contribution < -0.4 is 10.1 Å². The van der Waals surface area contributed by atoms with E-state index in [1.165, 1.54) is 19.3 Å². The number of amides is 1. The average molecular weight is 385 g/mol. The van der Waals surface area contributed by atoms with Crippen molar-refractivity contribution in [1.29, 1.82) is 0 Å². The molecule has 2 heterocycles. The van der Waals surface area contributed by atoms with Gasteiger partial charge in [-0.1, -0.05) is 32.4 Å². The Bertz CT molecular complexity index is 749. The molecule has 1 atom stereocenters. The number of nitrogens with zero attached hydrogens (tertiary/aromatic N) is 1. The molecule has 0 aliphatic carbocycles. The zero-order chi connectivity index (χ0) is 19.9. The van der Waals surface area contributed by atoms with Gasteiger partial charge in [0, 0.05) is 6.54 Å². The van der Waals surface area contributed by atoms with E-state index in [2.05, 4.69) is 36.2 Å². The molecule has 2 aromatic rings. The molecule has 1 fully saturated rings. The van der Waals surface area contributed by atoms with Gasteiger partial charge in [0.2, 0.25) is 0 Å². The van der Waals surface area contributed by atoms with E-state index in [0.29, 0.717) is 12.5 Å². The van der Waals surface area contributed by atoms with Gasteiger partial charge in [0.05, 0.1) is 12.3 Å². The number of hydrogen-bond acceptors (Lipinski definition) is 4. The lowest BCUT2D eigenvalue weighted by molar-refractivity contribution is -0.123. The van der Waals surface area contributed by atoms with Crippen molar-refractivity contribution in [3.63, 3.8) is 0 Å². The standard InChI is InChI=1S/C23H32N2O3/c1-17(2)19-10-9-18(3)14-22(19)28-16-23(26)24-15-20(21-8-7-13-27-21)25-11-5-4-6-12-25/h7-10,13-14,17,20H,4-6,11-12,15-16H2,1-3H3,(H,24,26)/t20-/m0/s1. The molecule has 0 saturated carbocycles. The van der Waals surface area contributed by atoms with Crippen molar-refractivity contribution >= 4 is 5.91 Å². The Morgan fingerprint density at radius 2 is 2.00 bits per heavy atom. The average Bonchev–Trinajstić information content (AvgIpc) is 3.21. The van der Waals surface area contributed by atoms with E-state index in [4.69, 9.17) is 9.15 Å². The molecule has 1 aliphatic heterocycles. The molecule has 28 heavy (non-hydrogen) atoms. The Labute approximate surface area is 168 Å². The molecule has 1 aromatic heterocycles. The summed E-state index contributed by atoms with van der Waals surface area (Å²) in [6.07, 6.45) is 5.36. The molecule has 1 saturated heterocycles. The van der Waals surface area contributed by atoms with Crippen LogP contribution in [0.1, 0.15) is 62.0 Å². The number of hydrogen-bond donors (Lipinski definition) is 1. The van der Waals surface area contributed by atoms with Crippen molar-refractivity contribution in [1.82, 2.24) is 10.2 Å². The van der Waals surface area contributed by atoms with Crippen LogP contribution in [-0.2, 0) is 4.79 Å². The number of benzene rings is 1. The van der Waals surface area contributed by atoms with E-state index >= 15 is 0 Å². The molecule has 1 aliphatic rings. The van der Waals surface area contributed by atoms with Crippen molar-refractivity contribution < 1.29 is 13.9 Å². The quantitative estimate of drug-likeness (QED) is 0.731. The van der Waals surface area contributed by atoms with Crippen LogP contribution in [0, 0.1) is 6.92 Å². The van der Waals surface area contributed by atoms with Gasteiger partial charge >= 0.3 is 0 Å². The third-order valence-electron chi connectivity index (χ3n) is 5.35. The second-order valence-corrected chi connectivity index (χ2v) is 7.92. The molecule has 3 rings (SSSR count). The van der Waals surface area contributed by atoms with Crippen molar-refractivity contribution in [2.75, 3.05) is 26.2 Å². The summed E-state index contributed by atoms with van der Waals surface area (Å²) in [5.74, 6) is 1.94. The van der Waals surface area contributed by atoms with E-state index in [-0.39, 0.29) is 18.6 Å². The number of carbonyl (C=O) groups excluding carboxylic acids is 1. The Kier molecular flexibility index (Phi) is 7.15. The van der Waals surface area contributed by atoms with Gasteiger partial charge in [-0.05, 0) is 68.1 Å². The molecule has 152 valence electrons. The van der Waals surface area contributed by atoms with Gasteiger partial charge in [-0.15, -0.1) is 0 Å². The van der Waals surface area contributed by atoms with Crippen molar-refractivity contribution in [3.05, 3.63) is 53.5 Å². The van der Waals surface area contributed by atoms with E-state index < -0.39 is 0 Å². The third kappa shape index (κ3) is 5.38. The monoisotopic (exact) mass is 384 g/mol. The van der Waals surface area contributed by atoms with Gasteiger partial charge in [0.25, 0.3) is 5.91 Å². The number of aryl methyl sites for hydroxylation is 1. The molecule has 0 unspecified atom stereocenters. The molecular formula is C23H32N2O3. The van der Waals surface area contributed by atoms with Gasteiger partial charge in [-0.3, -0.25) is 9.69 Å². The first-order valence-electron chi connectivity index (χ1n) is 10.3. The fraction of sp³-hybridized carbons (Fsp3) is 0.522. The maximum Gasteiger partial charge on any atom is 0.258 e. The topological polar surface area (TPSA) is 54.7 Å². The van der Waals surface area contributed by atoms with E-state index in [9.17, 15) is 4.79 Å². The lowest BCUT2D eigenvalue weighted by atomic mass is 10.0. The van der Waals surface area contributed by atoms with Gasteiger partial charge in [0.15, 0.2) is 6.61 Å².